The molecule has 6 rings (SSSR count). The zero-order valence-corrected chi connectivity index (χ0v) is 14.7. The summed E-state index contributed by atoms with van der Waals surface area (Å²) in [5, 5.41) is 16.0. The Balaban J connectivity index is 1.34. The molecular formula is C19H29N5. The van der Waals surface area contributed by atoms with Crippen molar-refractivity contribution in [2.45, 2.75) is 56.5 Å². The van der Waals surface area contributed by atoms with Crippen molar-refractivity contribution in [1.29, 1.82) is 0 Å². The fourth-order valence-electron chi connectivity index (χ4n) is 6.36. The van der Waals surface area contributed by atoms with Gasteiger partial charge >= 0.3 is 0 Å². The van der Waals surface area contributed by atoms with Gasteiger partial charge in [-0.15, -0.1) is 5.10 Å². The second kappa shape index (κ2) is 5.58. The van der Waals surface area contributed by atoms with Crippen LogP contribution in [0.2, 0.25) is 0 Å². The smallest absolute Gasteiger partial charge is 0.151 e. The van der Waals surface area contributed by atoms with Crippen LogP contribution in [0.4, 0.5) is 11.5 Å². The summed E-state index contributed by atoms with van der Waals surface area (Å²) in [6.07, 6.45) is 11.6. The quantitative estimate of drug-likeness (QED) is 0.890. The molecule has 24 heavy (non-hydrogen) atoms. The summed E-state index contributed by atoms with van der Waals surface area (Å²) in [7, 11) is 2.05. The Labute approximate surface area is 144 Å². The number of anilines is 2. The van der Waals surface area contributed by atoms with Gasteiger partial charge in [-0.2, -0.15) is 5.10 Å². The minimum Gasteiger partial charge on any atom is -0.369 e. The maximum atomic E-state index is 4.42. The van der Waals surface area contributed by atoms with Gasteiger partial charge in [0.15, 0.2) is 5.82 Å². The normalized spacial score (nSPS) is 40.3. The average Bonchev–Trinajstić information content (AvgIpc) is 3.02. The standard InChI is InChI=1S/C19H29N5/c1-20-16-2-3-24(12-16)17-7-18(23-21-11-17)22-19-8-13-4-14(9-19)6-15(5-13)10-19/h7,11,13-16,20H,2-6,8-10,12H2,1H3,(H,22,23). The molecule has 4 bridgehead atoms. The fraction of sp³-hybridized carbons (Fsp3) is 0.789. The van der Waals surface area contributed by atoms with E-state index < -0.39 is 0 Å². The van der Waals surface area contributed by atoms with E-state index in [4.69, 9.17) is 0 Å². The molecule has 0 aromatic carbocycles. The molecule has 4 aliphatic carbocycles. The molecule has 2 N–H and O–H groups in total. The molecule has 1 saturated heterocycles. The van der Waals surface area contributed by atoms with E-state index in [1.807, 2.05) is 6.20 Å². The zero-order valence-electron chi connectivity index (χ0n) is 14.7. The van der Waals surface area contributed by atoms with Crippen molar-refractivity contribution in [3.8, 4) is 0 Å². The molecule has 1 unspecified atom stereocenters. The van der Waals surface area contributed by atoms with Crippen LogP contribution in [-0.4, -0.2) is 41.9 Å². The molecular weight excluding hydrogens is 298 g/mol. The lowest BCUT2D eigenvalue weighted by atomic mass is 9.53. The Bertz CT molecular complexity index is 580. The summed E-state index contributed by atoms with van der Waals surface area (Å²) in [5.74, 6) is 3.85. The molecule has 1 aromatic rings. The van der Waals surface area contributed by atoms with Gasteiger partial charge in [-0.05, 0) is 69.7 Å². The van der Waals surface area contributed by atoms with Crippen molar-refractivity contribution < 1.29 is 0 Å². The first kappa shape index (κ1) is 14.9. The van der Waals surface area contributed by atoms with Crippen LogP contribution < -0.4 is 15.5 Å². The van der Waals surface area contributed by atoms with Gasteiger partial charge in [0.2, 0.25) is 0 Å². The van der Waals surface area contributed by atoms with Crippen LogP contribution in [0.25, 0.3) is 0 Å². The second-order valence-electron chi connectivity index (χ2n) is 8.84. The predicted molar refractivity (Wildman–Crippen MR) is 96.2 cm³/mol. The van der Waals surface area contributed by atoms with E-state index in [-0.39, 0.29) is 0 Å². The van der Waals surface area contributed by atoms with E-state index in [2.05, 4.69) is 38.8 Å². The van der Waals surface area contributed by atoms with Crippen LogP contribution in [0.15, 0.2) is 12.3 Å². The first-order chi connectivity index (χ1) is 11.7. The molecule has 0 radical (unpaired) electrons. The van der Waals surface area contributed by atoms with Crippen molar-refractivity contribution >= 4 is 11.5 Å². The summed E-state index contributed by atoms with van der Waals surface area (Å²) in [6.45, 7) is 2.17. The van der Waals surface area contributed by atoms with Crippen molar-refractivity contribution in [3.63, 3.8) is 0 Å². The van der Waals surface area contributed by atoms with E-state index in [1.54, 1.807) is 0 Å². The highest BCUT2D eigenvalue weighted by Gasteiger charge is 2.51. The van der Waals surface area contributed by atoms with Crippen molar-refractivity contribution in [3.05, 3.63) is 12.3 Å². The molecule has 1 aliphatic heterocycles. The van der Waals surface area contributed by atoms with Gasteiger partial charge < -0.3 is 15.5 Å². The second-order valence-corrected chi connectivity index (χ2v) is 8.84. The minimum absolute atomic E-state index is 0.306. The molecule has 2 heterocycles. The number of hydrogen-bond acceptors (Lipinski definition) is 5. The van der Waals surface area contributed by atoms with Gasteiger partial charge in [0.25, 0.3) is 0 Å². The van der Waals surface area contributed by atoms with Crippen molar-refractivity contribution in [2.24, 2.45) is 17.8 Å². The molecule has 0 amide bonds. The minimum atomic E-state index is 0.306. The van der Waals surface area contributed by atoms with Crippen LogP contribution in [0.1, 0.15) is 44.9 Å². The SMILES string of the molecule is CNC1CCN(c2cnnc(NC34CC5CC(CC(C5)C3)C4)c2)C1. The van der Waals surface area contributed by atoms with Crippen LogP contribution in [0.5, 0.6) is 0 Å². The predicted octanol–water partition coefficient (Wildman–Crippen LogP) is 2.66. The lowest BCUT2D eigenvalue weighted by Gasteiger charge is -2.57. The number of nitrogens with zero attached hydrogens (tertiary/aromatic N) is 3. The molecule has 1 atom stereocenters. The fourth-order valence-corrected chi connectivity index (χ4v) is 6.36. The van der Waals surface area contributed by atoms with Gasteiger partial charge in [-0.3, -0.25) is 0 Å². The van der Waals surface area contributed by atoms with Crippen LogP contribution in [0, 0.1) is 17.8 Å². The number of rotatable bonds is 4. The molecule has 5 nitrogen and oxygen atoms in total. The molecule has 5 heteroatoms. The van der Waals surface area contributed by atoms with Crippen molar-refractivity contribution in [2.75, 3.05) is 30.4 Å². The molecule has 1 aromatic heterocycles. The van der Waals surface area contributed by atoms with Crippen LogP contribution in [0.3, 0.4) is 0 Å². The third-order valence-electron chi connectivity index (χ3n) is 7.03. The highest BCUT2D eigenvalue weighted by atomic mass is 15.2. The average molecular weight is 327 g/mol. The monoisotopic (exact) mass is 327 g/mol. The van der Waals surface area contributed by atoms with Gasteiger partial charge in [-0.1, -0.05) is 0 Å². The Morgan fingerprint density at radius 2 is 1.83 bits per heavy atom. The number of aromatic nitrogens is 2. The summed E-state index contributed by atoms with van der Waals surface area (Å²) < 4.78 is 0. The number of nitrogens with one attached hydrogen (secondary N) is 2. The van der Waals surface area contributed by atoms with Crippen LogP contribution in [-0.2, 0) is 0 Å². The van der Waals surface area contributed by atoms with Gasteiger partial charge in [0, 0.05) is 30.7 Å². The largest absolute Gasteiger partial charge is 0.369 e. The Morgan fingerprint density at radius 3 is 2.46 bits per heavy atom. The van der Waals surface area contributed by atoms with E-state index in [0.717, 1.165) is 36.7 Å². The van der Waals surface area contributed by atoms with Crippen LogP contribution >= 0.6 is 0 Å². The van der Waals surface area contributed by atoms with E-state index >= 15 is 0 Å². The molecule has 130 valence electrons. The summed E-state index contributed by atoms with van der Waals surface area (Å²) in [4.78, 5) is 2.43. The maximum absolute atomic E-state index is 4.42. The highest BCUT2D eigenvalue weighted by molar-refractivity contribution is 5.54. The lowest BCUT2D eigenvalue weighted by molar-refractivity contribution is 0.0105. The zero-order chi connectivity index (χ0) is 16.1. The summed E-state index contributed by atoms with van der Waals surface area (Å²) >= 11 is 0. The third-order valence-corrected chi connectivity index (χ3v) is 7.03. The van der Waals surface area contributed by atoms with Gasteiger partial charge in [0.1, 0.15) is 0 Å². The molecule has 5 aliphatic rings. The highest BCUT2D eigenvalue weighted by Crippen LogP contribution is 2.56. The van der Waals surface area contributed by atoms with E-state index in [0.29, 0.717) is 11.6 Å². The summed E-state index contributed by atoms with van der Waals surface area (Å²) in [6, 6.07) is 2.82. The molecule has 4 saturated carbocycles. The third kappa shape index (κ3) is 2.57. The molecule has 5 fully saturated rings. The Hall–Kier alpha value is -1.36. The van der Waals surface area contributed by atoms with Gasteiger partial charge in [0.05, 0.1) is 11.9 Å². The Morgan fingerprint density at radius 1 is 1.12 bits per heavy atom. The van der Waals surface area contributed by atoms with E-state index in [1.165, 1.54) is 50.6 Å². The van der Waals surface area contributed by atoms with Gasteiger partial charge in [-0.25, -0.2) is 0 Å². The topological polar surface area (TPSA) is 53.1 Å². The first-order valence-electron chi connectivity index (χ1n) is 9.74. The van der Waals surface area contributed by atoms with E-state index in [9.17, 15) is 0 Å². The first-order valence-corrected chi connectivity index (χ1v) is 9.74. The Kier molecular flexibility index (Phi) is 3.47. The number of likely N-dealkylation sites (N-methyl/N-ethyl adjacent to an activating group) is 1. The summed E-state index contributed by atoms with van der Waals surface area (Å²) in [5.41, 5.74) is 1.52. The lowest BCUT2D eigenvalue weighted by Crippen LogP contribution is -2.54. The maximum Gasteiger partial charge on any atom is 0.151 e. The molecule has 0 spiro atoms. The van der Waals surface area contributed by atoms with Crippen molar-refractivity contribution in [1.82, 2.24) is 15.5 Å². The number of hydrogen-bond donors (Lipinski definition) is 2.